The van der Waals surface area contributed by atoms with Crippen molar-refractivity contribution in [1.29, 1.82) is 0 Å². The lowest BCUT2D eigenvalue weighted by Crippen LogP contribution is -1.79. The third kappa shape index (κ3) is 3.34. The van der Waals surface area contributed by atoms with Gasteiger partial charge < -0.3 is 0 Å². The lowest BCUT2D eigenvalue weighted by atomic mass is 10.1. The van der Waals surface area contributed by atoms with Gasteiger partial charge in [0.25, 0.3) is 0 Å². The van der Waals surface area contributed by atoms with E-state index in [-0.39, 0.29) is 0 Å². The number of alkyl halides is 1. The van der Waals surface area contributed by atoms with Gasteiger partial charge in [-0.15, -0.1) is 11.6 Å². The first-order valence-electron chi connectivity index (χ1n) is 3.81. The van der Waals surface area contributed by atoms with Crippen LogP contribution in [0.15, 0.2) is 28.2 Å². The van der Waals surface area contributed by atoms with Crippen LogP contribution < -0.4 is 0 Å². The normalized spacial score (nSPS) is 11.8. The van der Waals surface area contributed by atoms with E-state index in [1.807, 2.05) is 31.2 Å². The molecule has 13 heavy (non-hydrogen) atoms. The lowest BCUT2D eigenvalue weighted by Gasteiger charge is -1.99. The third-order valence-corrected chi connectivity index (χ3v) is 3.22. The van der Waals surface area contributed by atoms with E-state index in [1.54, 1.807) is 0 Å². The van der Waals surface area contributed by atoms with E-state index >= 15 is 0 Å². The summed E-state index contributed by atoms with van der Waals surface area (Å²) in [5.41, 5.74) is 2.20. The number of hydrogen-bond acceptors (Lipinski definition) is 0. The molecular formula is C10H9BrCl2. The zero-order valence-corrected chi connectivity index (χ0v) is 10.2. The highest BCUT2D eigenvalue weighted by Crippen LogP contribution is 2.24. The Morgan fingerprint density at radius 3 is 2.77 bits per heavy atom. The fraction of sp³-hybridized carbons (Fsp3) is 0.200. The van der Waals surface area contributed by atoms with Crippen molar-refractivity contribution < 1.29 is 0 Å². The maximum atomic E-state index is 5.93. The molecule has 0 atom stereocenters. The number of allylic oxidation sites excluding steroid dienone is 1. The Bertz CT molecular complexity index is 332. The van der Waals surface area contributed by atoms with Crippen LogP contribution >= 0.6 is 39.1 Å². The zero-order valence-electron chi connectivity index (χ0n) is 7.15. The zero-order chi connectivity index (χ0) is 9.84. The highest BCUT2D eigenvalue weighted by atomic mass is 79.9. The van der Waals surface area contributed by atoms with Gasteiger partial charge in [-0.05, 0) is 40.5 Å². The summed E-state index contributed by atoms with van der Waals surface area (Å²) in [6.07, 6.45) is 2.02. The van der Waals surface area contributed by atoms with Crippen LogP contribution in [0, 0.1) is 0 Å². The first-order chi connectivity index (χ1) is 6.13. The van der Waals surface area contributed by atoms with Gasteiger partial charge in [0.2, 0.25) is 0 Å². The van der Waals surface area contributed by atoms with Crippen LogP contribution in [0.25, 0.3) is 6.08 Å². The Balaban J connectivity index is 2.98. The van der Waals surface area contributed by atoms with Gasteiger partial charge in [-0.3, -0.25) is 0 Å². The molecule has 0 saturated carbocycles. The number of halogens is 3. The largest absolute Gasteiger partial charge is 0.122 e. The number of benzene rings is 1. The minimum Gasteiger partial charge on any atom is -0.122 e. The van der Waals surface area contributed by atoms with Crippen LogP contribution in [0.3, 0.4) is 0 Å². The molecule has 3 heteroatoms. The van der Waals surface area contributed by atoms with Gasteiger partial charge in [0.1, 0.15) is 0 Å². The summed E-state index contributed by atoms with van der Waals surface area (Å²) in [5, 5.41) is 0.719. The monoisotopic (exact) mass is 278 g/mol. The summed E-state index contributed by atoms with van der Waals surface area (Å²) in [5.74, 6) is 0.549. The van der Waals surface area contributed by atoms with Crippen molar-refractivity contribution in [3.63, 3.8) is 0 Å². The molecule has 1 aromatic rings. The Hall–Kier alpha value is 0.0200. The van der Waals surface area contributed by atoms with Crippen LogP contribution in [-0.4, -0.2) is 5.88 Å². The van der Waals surface area contributed by atoms with Crippen LogP contribution in [0.2, 0.25) is 5.02 Å². The number of rotatable bonds is 2. The summed E-state index contributed by atoms with van der Waals surface area (Å²) in [6, 6.07) is 5.82. The maximum absolute atomic E-state index is 5.93. The molecule has 70 valence electrons. The van der Waals surface area contributed by atoms with Gasteiger partial charge in [-0.1, -0.05) is 29.3 Å². The average molecular weight is 280 g/mol. The molecule has 0 aliphatic heterocycles. The van der Waals surface area contributed by atoms with Crippen molar-refractivity contribution >= 4 is 45.2 Å². The average Bonchev–Trinajstić information content (AvgIpc) is 2.11. The van der Waals surface area contributed by atoms with Crippen molar-refractivity contribution in [2.24, 2.45) is 0 Å². The van der Waals surface area contributed by atoms with Crippen LogP contribution in [0.5, 0.6) is 0 Å². The van der Waals surface area contributed by atoms with Crippen molar-refractivity contribution in [3.05, 3.63) is 38.8 Å². The highest BCUT2D eigenvalue weighted by molar-refractivity contribution is 9.10. The molecule has 0 nitrogen and oxygen atoms in total. The summed E-state index contributed by atoms with van der Waals surface area (Å²) in [4.78, 5) is 0. The first-order valence-corrected chi connectivity index (χ1v) is 5.52. The van der Waals surface area contributed by atoms with Gasteiger partial charge in [0, 0.05) is 10.4 Å². The Morgan fingerprint density at radius 1 is 1.54 bits per heavy atom. The van der Waals surface area contributed by atoms with Crippen LogP contribution in [-0.2, 0) is 0 Å². The molecule has 0 aromatic heterocycles. The molecule has 1 rings (SSSR count). The smallest absolute Gasteiger partial charge is 0.0554 e. The molecule has 0 spiro atoms. The van der Waals surface area contributed by atoms with E-state index in [0.717, 1.165) is 20.6 Å². The second kappa shape index (κ2) is 5.04. The molecule has 0 N–H and O–H groups in total. The first kappa shape index (κ1) is 11.1. The molecule has 0 saturated heterocycles. The SMILES string of the molecule is C/C(=C/c1ccc(Br)c(Cl)c1)CCl. The van der Waals surface area contributed by atoms with Gasteiger partial charge in [-0.2, -0.15) is 0 Å². The van der Waals surface area contributed by atoms with Crippen molar-refractivity contribution in [3.8, 4) is 0 Å². The Labute approximate surface area is 96.7 Å². The van der Waals surface area contributed by atoms with Gasteiger partial charge >= 0.3 is 0 Å². The van der Waals surface area contributed by atoms with E-state index in [4.69, 9.17) is 23.2 Å². The Morgan fingerprint density at radius 2 is 2.23 bits per heavy atom. The number of hydrogen-bond donors (Lipinski definition) is 0. The van der Waals surface area contributed by atoms with Gasteiger partial charge in [0.15, 0.2) is 0 Å². The second-order valence-electron chi connectivity index (χ2n) is 2.80. The molecule has 0 radical (unpaired) electrons. The fourth-order valence-electron chi connectivity index (χ4n) is 0.925. The fourth-order valence-corrected chi connectivity index (χ4v) is 1.44. The highest BCUT2D eigenvalue weighted by Gasteiger charge is 1.96. The third-order valence-electron chi connectivity index (χ3n) is 1.57. The van der Waals surface area contributed by atoms with Gasteiger partial charge in [0.05, 0.1) is 5.02 Å². The standard InChI is InChI=1S/C10H9BrCl2/c1-7(6-12)4-8-2-3-9(11)10(13)5-8/h2-5H,6H2,1H3/b7-4-. The molecule has 0 unspecified atom stereocenters. The van der Waals surface area contributed by atoms with E-state index in [9.17, 15) is 0 Å². The summed E-state index contributed by atoms with van der Waals surface area (Å²) < 4.78 is 0.912. The summed E-state index contributed by atoms with van der Waals surface area (Å²) in [6.45, 7) is 1.99. The van der Waals surface area contributed by atoms with Crippen molar-refractivity contribution in [2.45, 2.75) is 6.92 Å². The maximum Gasteiger partial charge on any atom is 0.0554 e. The van der Waals surface area contributed by atoms with E-state index in [0.29, 0.717) is 5.88 Å². The van der Waals surface area contributed by atoms with Gasteiger partial charge in [-0.25, -0.2) is 0 Å². The van der Waals surface area contributed by atoms with E-state index in [2.05, 4.69) is 15.9 Å². The minimum atomic E-state index is 0.549. The molecular weight excluding hydrogens is 271 g/mol. The molecule has 0 heterocycles. The summed E-state index contributed by atoms with van der Waals surface area (Å²) in [7, 11) is 0. The van der Waals surface area contributed by atoms with E-state index < -0.39 is 0 Å². The molecule has 0 amide bonds. The Kier molecular flexibility index (Phi) is 4.30. The lowest BCUT2D eigenvalue weighted by molar-refractivity contribution is 1.42. The molecule has 0 bridgehead atoms. The minimum absolute atomic E-state index is 0.549. The topological polar surface area (TPSA) is 0 Å². The summed E-state index contributed by atoms with van der Waals surface area (Å²) >= 11 is 14.9. The van der Waals surface area contributed by atoms with Crippen LogP contribution in [0.1, 0.15) is 12.5 Å². The van der Waals surface area contributed by atoms with Crippen molar-refractivity contribution in [2.75, 3.05) is 5.88 Å². The van der Waals surface area contributed by atoms with Crippen LogP contribution in [0.4, 0.5) is 0 Å². The quantitative estimate of drug-likeness (QED) is 0.686. The van der Waals surface area contributed by atoms with Crippen molar-refractivity contribution in [1.82, 2.24) is 0 Å². The van der Waals surface area contributed by atoms with E-state index in [1.165, 1.54) is 0 Å². The molecule has 0 aliphatic rings. The molecule has 0 aliphatic carbocycles. The predicted octanol–water partition coefficient (Wildman–Crippen LogP) is 4.74. The molecule has 0 fully saturated rings. The predicted molar refractivity (Wildman–Crippen MR) is 63.5 cm³/mol. The second-order valence-corrected chi connectivity index (χ2v) is 4.33. The molecule has 1 aromatic carbocycles.